The smallest absolute Gasteiger partial charge is 0.223 e. The standard InChI is InChI=1S/C23H34FNO2S/c1-23(2,3)15-22(26)25-10-7-16(8-11-25)19-13-17(19)9-12-27-18-5-6-21(28-4)20(24)14-18/h5-6,14,16-17,19H,7-13,15H2,1-4H3. The molecule has 5 heteroatoms. The normalized spacial score (nSPS) is 23.0. The molecule has 2 atom stereocenters. The molecule has 1 amide bonds. The van der Waals surface area contributed by atoms with Crippen molar-refractivity contribution in [1.82, 2.24) is 4.90 Å². The van der Waals surface area contributed by atoms with Crippen molar-refractivity contribution < 1.29 is 13.9 Å². The number of carbonyl (C=O) groups excluding carboxylic acids is 1. The maximum absolute atomic E-state index is 13.8. The van der Waals surface area contributed by atoms with Crippen molar-refractivity contribution in [2.45, 2.75) is 57.8 Å². The fourth-order valence-electron chi connectivity index (χ4n) is 4.39. The van der Waals surface area contributed by atoms with E-state index in [0.717, 1.165) is 50.1 Å². The largest absolute Gasteiger partial charge is 0.493 e. The van der Waals surface area contributed by atoms with Gasteiger partial charge in [-0.2, -0.15) is 0 Å². The molecule has 1 aliphatic heterocycles. The number of thioether (sulfide) groups is 1. The van der Waals surface area contributed by atoms with Gasteiger partial charge in [0.2, 0.25) is 5.91 Å². The van der Waals surface area contributed by atoms with Crippen LogP contribution >= 0.6 is 11.8 Å². The number of hydrogen-bond acceptors (Lipinski definition) is 3. The van der Waals surface area contributed by atoms with E-state index in [0.29, 0.717) is 29.6 Å². The Bertz CT molecular complexity index is 680. The van der Waals surface area contributed by atoms with Crippen molar-refractivity contribution in [2.75, 3.05) is 26.0 Å². The van der Waals surface area contributed by atoms with Crippen LogP contribution in [-0.4, -0.2) is 36.8 Å². The van der Waals surface area contributed by atoms with Gasteiger partial charge in [-0.25, -0.2) is 4.39 Å². The Labute approximate surface area is 173 Å². The molecule has 3 rings (SSSR count). The number of likely N-dealkylation sites (tertiary alicyclic amines) is 1. The lowest BCUT2D eigenvalue weighted by atomic mass is 9.88. The second-order valence-electron chi connectivity index (χ2n) is 9.55. The van der Waals surface area contributed by atoms with Crippen LogP contribution in [0.4, 0.5) is 4.39 Å². The average Bonchev–Trinajstić information content (AvgIpc) is 3.40. The van der Waals surface area contributed by atoms with Crippen LogP contribution in [0.2, 0.25) is 0 Å². The second kappa shape index (κ2) is 9.06. The number of halogens is 1. The highest BCUT2D eigenvalue weighted by Crippen LogP contribution is 2.49. The van der Waals surface area contributed by atoms with Crippen LogP contribution in [0, 0.1) is 29.0 Å². The number of ether oxygens (including phenoxy) is 1. The molecule has 0 radical (unpaired) electrons. The minimum atomic E-state index is -0.206. The molecule has 0 aromatic heterocycles. The summed E-state index contributed by atoms with van der Waals surface area (Å²) in [5.74, 6) is 3.00. The van der Waals surface area contributed by atoms with Gasteiger partial charge < -0.3 is 9.64 Å². The first-order valence-corrected chi connectivity index (χ1v) is 11.7. The van der Waals surface area contributed by atoms with Gasteiger partial charge in [0.15, 0.2) is 0 Å². The summed E-state index contributed by atoms with van der Waals surface area (Å²) in [6.45, 7) is 8.86. The average molecular weight is 408 g/mol. The number of hydrogen-bond donors (Lipinski definition) is 0. The van der Waals surface area contributed by atoms with E-state index in [1.54, 1.807) is 6.07 Å². The van der Waals surface area contributed by atoms with Crippen molar-refractivity contribution in [2.24, 2.45) is 23.2 Å². The van der Waals surface area contributed by atoms with E-state index in [9.17, 15) is 9.18 Å². The Kier molecular flexibility index (Phi) is 6.95. The Morgan fingerprint density at radius 2 is 2.00 bits per heavy atom. The number of rotatable bonds is 7. The van der Waals surface area contributed by atoms with Crippen molar-refractivity contribution in [1.29, 1.82) is 0 Å². The second-order valence-corrected chi connectivity index (χ2v) is 10.4. The van der Waals surface area contributed by atoms with Crippen LogP contribution in [0.1, 0.15) is 52.9 Å². The number of benzene rings is 1. The highest BCUT2D eigenvalue weighted by Gasteiger charge is 2.43. The quantitative estimate of drug-likeness (QED) is 0.549. The highest BCUT2D eigenvalue weighted by molar-refractivity contribution is 7.98. The summed E-state index contributed by atoms with van der Waals surface area (Å²) in [6.07, 6.45) is 7.11. The molecular weight excluding hydrogens is 373 g/mol. The Hall–Kier alpha value is -1.23. The first-order valence-electron chi connectivity index (χ1n) is 10.5. The summed E-state index contributed by atoms with van der Waals surface area (Å²) >= 11 is 1.41. The van der Waals surface area contributed by atoms with E-state index in [1.165, 1.54) is 24.2 Å². The minimum absolute atomic E-state index is 0.0636. The van der Waals surface area contributed by atoms with Crippen molar-refractivity contribution in [3.63, 3.8) is 0 Å². The predicted molar refractivity (Wildman–Crippen MR) is 113 cm³/mol. The topological polar surface area (TPSA) is 29.5 Å². The molecule has 1 aliphatic carbocycles. The van der Waals surface area contributed by atoms with Gasteiger partial charge in [-0.15, -0.1) is 11.8 Å². The number of amides is 1. The molecule has 0 spiro atoms. The zero-order chi connectivity index (χ0) is 20.3. The molecule has 1 saturated carbocycles. The maximum Gasteiger partial charge on any atom is 0.223 e. The predicted octanol–water partition coefficient (Wildman–Crippen LogP) is 5.63. The van der Waals surface area contributed by atoms with Crippen LogP contribution in [0.3, 0.4) is 0 Å². The van der Waals surface area contributed by atoms with E-state index in [1.807, 2.05) is 12.3 Å². The monoisotopic (exact) mass is 407 g/mol. The molecule has 1 heterocycles. The lowest BCUT2D eigenvalue weighted by Gasteiger charge is -2.34. The molecule has 156 valence electrons. The molecule has 0 N–H and O–H groups in total. The molecule has 2 aliphatic rings. The van der Waals surface area contributed by atoms with E-state index in [2.05, 4.69) is 25.7 Å². The number of piperidine rings is 1. The van der Waals surface area contributed by atoms with Gasteiger partial charge in [-0.1, -0.05) is 20.8 Å². The summed E-state index contributed by atoms with van der Waals surface area (Å²) in [5, 5.41) is 0. The molecule has 3 nitrogen and oxygen atoms in total. The Morgan fingerprint density at radius 1 is 1.29 bits per heavy atom. The van der Waals surface area contributed by atoms with Crippen molar-refractivity contribution in [3.8, 4) is 5.75 Å². The van der Waals surface area contributed by atoms with Gasteiger partial charge in [0.1, 0.15) is 11.6 Å². The van der Waals surface area contributed by atoms with Gasteiger partial charge in [-0.05, 0) is 67.2 Å². The summed E-state index contributed by atoms with van der Waals surface area (Å²) < 4.78 is 19.6. The SMILES string of the molecule is CSc1ccc(OCCC2CC2C2CCN(C(=O)CC(C)(C)C)CC2)cc1F. The number of carbonyl (C=O) groups is 1. The van der Waals surface area contributed by atoms with Gasteiger partial charge in [-0.3, -0.25) is 4.79 Å². The first-order chi connectivity index (χ1) is 13.3. The maximum atomic E-state index is 13.8. The molecule has 2 fully saturated rings. The van der Waals surface area contributed by atoms with E-state index in [4.69, 9.17) is 4.74 Å². The molecule has 1 saturated heterocycles. The summed E-state index contributed by atoms with van der Waals surface area (Å²) in [5.41, 5.74) is 0.0636. The zero-order valence-corrected chi connectivity index (χ0v) is 18.5. The Morgan fingerprint density at radius 3 is 2.61 bits per heavy atom. The van der Waals surface area contributed by atoms with E-state index >= 15 is 0 Å². The minimum Gasteiger partial charge on any atom is -0.493 e. The van der Waals surface area contributed by atoms with Crippen molar-refractivity contribution >= 4 is 17.7 Å². The van der Waals surface area contributed by atoms with E-state index < -0.39 is 0 Å². The zero-order valence-electron chi connectivity index (χ0n) is 17.7. The van der Waals surface area contributed by atoms with Crippen LogP contribution in [0.15, 0.2) is 23.1 Å². The van der Waals surface area contributed by atoms with Gasteiger partial charge in [0.25, 0.3) is 0 Å². The Balaban J connectivity index is 1.35. The third-order valence-corrected chi connectivity index (χ3v) is 6.81. The molecular formula is C23H34FNO2S. The molecule has 0 bridgehead atoms. The highest BCUT2D eigenvalue weighted by atomic mass is 32.2. The van der Waals surface area contributed by atoms with Gasteiger partial charge in [0, 0.05) is 30.5 Å². The van der Waals surface area contributed by atoms with Crippen LogP contribution in [0.5, 0.6) is 5.75 Å². The fourth-order valence-corrected chi connectivity index (χ4v) is 4.85. The fraction of sp³-hybridized carbons (Fsp3) is 0.696. The third-order valence-electron chi connectivity index (χ3n) is 6.04. The summed E-state index contributed by atoms with van der Waals surface area (Å²) in [4.78, 5) is 15.1. The van der Waals surface area contributed by atoms with Crippen LogP contribution < -0.4 is 4.74 Å². The number of nitrogens with zero attached hydrogens (tertiary/aromatic N) is 1. The molecule has 28 heavy (non-hydrogen) atoms. The van der Waals surface area contributed by atoms with Crippen molar-refractivity contribution in [3.05, 3.63) is 24.0 Å². The van der Waals surface area contributed by atoms with Gasteiger partial charge in [0.05, 0.1) is 6.61 Å². The summed E-state index contributed by atoms with van der Waals surface area (Å²) in [7, 11) is 0. The van der Waals surface area contributed by atoms with Gasteiger partial charge >= 0.3 is 0 Å². The summed E-state index contributed by atoms with van der Waals surface area (Å²) in [6, 6.07) is 5.12. The lowest BCUT2D eigenvalue weighted by Crippen LogP contribution is -2.40. The van der Waals surface area contributed by atoms with Crippen LogP contribution in [0.25, 0.3) is 0 Å². The third kappa shape index (κ3) is 5.88. The molecule has 1 aromatic carbocycles. The van der Waals surface area contributed by atoms with E-state index in [-0.39, 0.29) is 11.2 Å². The van der Waals surface area contributed by atoms with Crippen LogP contribution in [-0.2, 0) is 4.79 Å². The lowest BCUT2D eigenvalue weighted by molar-refractivity contribution is -0.134. The first kappa shape index (κ1) is 21.5. The molecule has 2 unspecified atom stereocenters. The molecule has 1 aromatic rings.